The van der Waals surface area contributed by atoms with E-state index in [1.165, 1.54) is 6.20 Å². The van der Waals surface area contributed by atoms with Crippen LogP contribution in [0.15, 0.2) is 6.20 Å². The van der Waals surface area contributed by atoms with Crippen molar-refractivity contribution in [3.63, 3.8) is 0 Å². The van der Waals surface area contributed by atoms with Gasteiger partial charge >= 0.3 is 0 Å². The molecule has 1 heterocycles. The minimum absolute atomic E-state index is 0.102. The number of nitrogens with zero attached hydrogens (tertiary/aromatic N) is 2. The van der Waals surface area contributed by atoms with Crippen LogP contribution in [0.2, 0.25) is 0 Å². The maximum Gasteiger partial charge on any atom is 0.154 e. The molecule has 0 saturated carbocycles. The summed E-state index contributed by atoms with van der Waals surface area (Å²) in [5.74, 6) is -0.149. The first-order chi connectivity index (χ1) is 5.70. The molecular formula is C8H8N2O2. The first-order valence-corrected chi connectivity index (χ1v) is 3.39. The van der Waals surface area contributed by atoms with Gasteiger partial charge in [0.05, 0.1) is 12.3 Å². The molecule has 0 bridgehead atoms. The summed E-state index contributed by atoms with van der Waals surface area (Å²) in [5, 5.41) is 26.7. The molecule has 0 atom stereocenters. The van der Waals surface area contributed by atoms with Gasteiger partial charge in [0.2, 0.25) is 0 Å². The standard InChI is InChI=1S/C8H8N2O2/c1-5-8(12)7(2-9)6(4-11)3-10-5/h3,11-12H,4H2,1H3. The highest BCUT2D eigenvalue weighted by Gasteiger charge is 2.09. The third kappa shape index (κ3) is 1.22. The van der Waals surface area contributed by atoms with Crippen LogP contribution < -0.4 is 0 Å². The molecule has 1 rings (SSSR count). The summed E-state index contributed by atoms with van der Waals surface area (Å²) < 4.78 is 0. The lowest BCUT2D eigenvalue weighted by Crippen LogP contribution is -1.94. The molecule has 0 radical (unpaired) electrons. The SMILES string of the molecule is Cc1ncc(CO)c(C#N)c1O. The van der Waals surface area contributed by atoms with Crippen molar-refractivity contribution >= 4 is 0 Å². The van der Waals surface area contributed by atoms with E-state index in [0.29, 0.717) is 11.3 Å². The molecule has 12 heavy (non-hydrogen) atoms. The summed E-state index contributed by atoms with van der Waals surface area (Å²) in [6, 6.07) is 1.81. The zero-order valence-electron chi connectivity index (χ0n) is 6.57. The minimum Gasteiger partial charge on any atom is -0.505 e. The van der Waals surface area contributed by atoms with Gasteiger partial charge in [0, 0.05) is 11.8 Å². The van der Waals surface area contributed by atoms with Gasteiger partial charge in [-0.05, 0) is 6.92 Å². The Morgan fingerprint density at radius 2 is 2.33 bits per heavy atom. The van der Waals surface area contributed by atoms with Crippen molar-refractivity contribution in [1.82, 2.24) is 4.98 Å². The monoisotopic (exact) mass is 164 g/mol. The average Bonchev–Trinajstić information content (AvgIpc) is 2.09. The Bertz CT molecular complexity index is 342. The number of aliphatic hydroxyl groups excluding tert-OH is 1. The molecule has 0 spiro atoms. The Hall–Kier alpha value is -1.60. The molecule has 0 unspecified atom stereocenters. The number of aliphatic hydroxyl groups is 1. The van der Waals surface area contributed by atoms with E-state index in [1.54, 1.807) is 13.0 Å². The van der Waals surface area contributed by atoms with Crippen molar-refractivity contribution in [2.75, 3.05) is 0 Å². The average molecular weight is 164 g/mol. The maximum absolute atomic E-state index is 9.31. The second kappa shape index (κ2) is 3.20. The number of hydrogen-bond acceptors (Lipinski definition) is 4. The zero-order chi connectivity index (χ0) is 9.14. The Kier molecular flexibility index (Phi) is 2.26. The van der Waals surface area contributed by atoms with Gasteiger partial charge in [0.25, 0.3) is 0 Å². The molecular weight excluding hydrogens is 156 g/mol. The first-order valence-electron chi connectivity index (χ1n) is 3.39. The number of aromatic nitrogens is 1. The molecule has 0 saturated heterocycles. The molecule has 4 nitrogen and oxygen atoms in total. The van der Waals surface area contributed by atoms with Gasteiger partial charge in [-0.1, -0.05) is 0 Å². The van der Waals surface area contributed by atoms with E-state index in [0.717, 1.165) is 0 Å². The van der Waals surface area contributed by atoms with Crippen molar-refractivity contribution in [2.45, 2.75) is 13.5 Å². The van der Waals surface area contributed by atoms with Gasteiger partial charge in [0.1, 0.15) is 11.6 Å². The summed E-state index contributed by atoms with van der Waals surface area (Å²) in [6.45, 7) is 1.31. The topological polar surface area (TPSA) is 77.1 Å². The smallest absolute Gasteiger partial charge is 0.154 e. The molecule has 0 aliphatic heterocycles. The second-order valence-corrected chi connectivity index (χ2v) is 2.36. The van der Waals surface area contributed by atoms with Crippen molar-refractivity contribution in [2.24, 2.45) is 0 Å². The van der Waals surface area contributed by atoms with Crippen LogP contribution in [0.3, 0.4) is 0 Å². The van der Waals surface area contributed by atoms with E-state index in [9.17, 15) is 5.11 Å². The number of aryl methyl sites for hydroxylation is 1. The molecule has 62 valence electrons. The van der Waals surface area contributed by atoms with Crippen LogP contribution in [0.5, 0.6) is 5.75 Å². The van der Waals surface area contributed by atoms with E-state index in [2.05, 4.69) is 4.98 Å². The lowest BCUT2D eigenvalue weighted by Gasteiger charge is -2.03. The summed E-state index contributed by atoms with van der Waals surface area (Å²) in [7, 11) is 0. The maximum atomic E-state index is 9.31. The van der Waals surface area contributed by atoms with Crippen LogP contribution in [0.4, 0.5) is 0 Å². The summed E-state index contributed by atoms with van der Waals surface area (Å²) in [6.07, 6.45) is 1.38. The van der Waals surface area contributed by atoms with E-state index < -0.39 is 0 Å². The van der Waals surface area contributed by atoms with Crippen LogP contribution in [0, 0.1) is 18.3 Å². The fourth-order valence-corrected chi connectivity index (χ4v) is 0.878. The van der Waals surface area contributed by atoms with Crippen molar-refractivity contribution in [1.29, 1.82) is 5.26 Å². The summed E-state index contributed by atoms with van der Waals surface area (Å²) in [5.41, 5.74) is 0.842. The van der Waals surface area contributed by atoms with Crippen LogP contribution >= 0.6 is 0 Å². The van der Waals surface area contributed by atoms with E-state index in [4.69, 9.17) is 10.4 Å². The van der Waals surface area contributed by atoms with Gasteiger partial charge in [0.15, 0.2) is 5.75 Å². The van der Waals surface area contributed by atoms with E-state index in [1.807, 2.05) is 0 Å². The fraction of sp³-hybridized carbons (Fsp3) is 0.250. The van der Waals surface area contributed by atoms with E-state index in [-0.39, 0.29) is 17.9 Å². The predicted molar refractivity (Wildman–Crippen MR) is 41.3 cm³/mol. The van der Waals surface area contributed by atoms with Crippen molar-refractivity contribution in [3.05, 3.63) is 23.0 Å². The molecule has 0 amide bonds. The third-order valence-electron chi connectivity index (χ3n) is 1.60. The van der Waals surface area contributed by atoms with Crippen molar-refractivity contribution < 1.29 is 10.2 Å². The Morgan fingerprint density at radius 1 is 1.67 bits per heavy atom. The lowest BCUT2D eigenvalue weighted by molar-refractivity contribution is 0.280. The number of hydrogen-bond donors (Lipinski definition) is 2. The Morgan fingerprint density at radius 3 is 2.83 bits per heavy atom. The van der Waals surface area contributed by atoms with Crippen LogP contribution in [0.25, 0.3) is 0 Å². The summed E-state index contributed by atoms with van der Waals surface area (Å²) >= 11 is 0. The predicted octanol–water partition coefficient (Wildman–Crippen LogP) is 0.460. The fourth-order valence-electron chi connectivity index (χ4n) is 0.878. The number of pyridine rings is 1. The lowest BCUT2D eigenvalue weighted by atomic mass is 10.1. The number of nitriles is 1. The first kappa shape index (κ1) is 8.50. The second-order valence-electron chi connectivity index (χ2n) is 2.36. The largest absolute Gasteiger partial charge is 0.505 e. The highest BCUT2D eigenvalue weighted by Crippen LogP contribution is 2.22. The molecule has 2 N–H and O–H groups in total. The van der Waals surface area contributed by atoms with Gasteiger partial charge in [-0.15, -0.1) is 0 Å². The molecule has 1 aromatic rings. The van der Waals surface area contributed by atoms with E-state index >= 15 is 0 Å². The molecule has 0 aliphatic rings. The number of rotatable bonds is 1. The molecule has 0 fully saturated rings. The van der Waals surface area contributed by atoms with Crippen LogP contribution in [-0.2, 0) is 6.61 Å². The van der Waals surface area contributed by atoms with Crippen LogP contribution in [-0.4, -0.2) is 15.2 Å². The molecule has 0 aromatic carbocycles. The summed E-state index contributed by atoms with van der Waals surface area (Å²) in [4.78, 5) is 3.80. The quantitative estimate of drug-likeness (QED) is 0.632. The Labute approximate surface area is 69.7 Å². The number of aromatic hydroxyl groups is 1. The van der Waals surface area contributed by atoms with Gasteiger partial charge in [-0.3, -0.25) is 4.98 Å². The molecule has 0 aliphatic carbocycles. The highest BCUT2D eigenvalue weighted by atomic mass is 16.3. The Balaban J connectivity index is 3.38. The van der Waals surface area contributed by atoms with Gasteiger partial charge < -0.3 is 10.2 Å². The zero-order valence-corrected chi connectivity index (χ0v) is 6.57. The van der Waals surface area contributed by atoms with Crippen LogP contribution in [0.1, 0.15) is 16.8 Å². The third-order valence-corrected chi connectivity index (χ3v) is 1.60. The molecule has 4 heteroatoms. The minimum atomic E-state index is -0.288. The van der Waals surface area contributed by atoms with Crippen molar-refractivity contribution in [3.8, 4) is 11.8 Å². The van der Waals surface area contributed by atoms with Gasteiger partial charge in [-0.25, -0.2) is 0 Å². The normalized spacial score (nSPS) is 9.42. The highest BCUT2D eigenvalue weighted by molar-refractivity contribution is 5.48. The van der Waals surface area contributed by atoms with Gasteiger partial charge in [-0.2, -0.15) is 5.26 Å². The molecule has 1 aromatic heterocycles.